The van der Waals surface area contributed by atoms with Gasteiger partial charge in [0, 0.05) is 11.6 Å². The fraction of sp³-hybridized carbons (Fsp3) is 0.600. The van der Waals surface area contributed by atoms with E-state index >= 15 is 0 Å². The lowest BCUT2D eigenvalue weighted by Crippen LogP contribution is -2.08. The van der Waals surface area contributed by atoms with Gasteiger partial charge in [-0.2, -0.15) is 0 Å². The van der Waals surface area contributed by atoms with Crippen molar-refractivity contribution in [1.82, 2.24) is 9.97 Å². The summed E-state index contributed by atoms with van der Waals surface area (Å²) in [5.74, 6) is 1.26. The van der Waals surface area contributed by atoms with Gasteiger partial charge in [0.2, 0.25) is 0 Å². The predicted octanol–water partition coefficient (Wildman–Crippen LogP) is 2.83. The average Bonchev–Trinajstić information content (AvgIpc) is 2.87. The highest BCUT2D eigenvalue weighted by Crippen LogP contribution is 2.31. The molecule has 2 rings (SSSR count). The number of nitrogens with one attached hydrogen (secondary N) is 1. The average molecular weight is 212 g/mol. The van der Waals surface area contributed by atoms with Crippen molar-refractivity contribution < 1.29 is 0 Å². The third kappa shape index (κ3) is 1.98. The van der Waals surface area contributed by atoms with Crippen LogP contribution in [0.5, 0.6) is 0 Å². The van der Waals surface area contributed by atoms with Crippen LogP contribution in [0.2, 0.25) is 5.15 Å². The van der Waals surface area contributed by atoms with Crippen molar-refractivity contribution in [3.8, 4) is 0 Å². The number of rotatable bonds is 3. The van der Waals surface area contributed by atoms with Crippen LogP contribution in [0.1, 0.15) is 38.2 Å². The molecule has 0 radical (unpaired) electrons. The lowest BCUT2D eigenvalue weighted by Gasteiger charge is -2.13. The summed E-state index contributed by atoms with van der Waals surface area (Å²) >= 11 is 6.04. The molecule has 0 spiro atoms. The highest BCUT2D eigenvalue weighted by Gasteiger charge is 2.24. The van der Waals surface area contributed by atoms with E-state index in [1.807, 2.05) is 0 Å². The fourth-order valence-corrected chi connectivity index (χ4v) is 1.77. The van der Waals surface area contributed by atoms with Crippen LogP contribution in [-0.2, 0) is 0 Å². The van der Waals surface area contributed by atoms with E-state index < -0.39 is 0 Å². The van der Waals surface area contributed by atoms with Crippen molar-refractivity contribution in [2.75, 3.05) is 5.32 Å². The number of anilines is 1. The van der Waals surface area contributed by atoms with Gasteiger partial charge in [-0.3, -0.25) is 0 Å². The molecule has 0 aromatic carbocycles. The molecule has 1 N–H and O–H groups in total. The van der Waals surface area contributed by atoms with Crippen molar-refractivity contribution in [3.63, 3.8) is 0 Å². The zero-order valence-corrected chi connectivity index (χ0v) is 9.17. The Morgan fingerprint density at radius 1 is 1.43 bits per heavy atom. The molecular weight excluding hydrogens is 198 g/mol. The minimum atomic E-state index is 0.352. The smallest absolute Gasteiger partial charge is 0.138 e. The number of hydrogen-bond acceptors (Lipinski definition) is 3. The van der Waals surface area contributed by atoms with E-state index in [1.54, 1.807) is 0 Å². The largest absolute Gasteiger partial charge is 0.367 e. The number of aromatic nitrogens is 2. The SMILES string of the molecule is CC(C)c1c(Cl)ncnc1NC1CC1. The second-order valence-electron chi connectivity index (χ2n) is 4.00. The molecule has 3 nitrogen and oxygen atoms in total. The van der Waals surface area contributed by atoms with Gasteiger partial charge in [-0.05, 0) is 18.8 Å². The second-order valence-corrected chi connectivity index (χ2v) is 4.36. The maximum atomic E-state index is 6.04. The minimum Gasteiger partial charge on any atom is -0.367 e. The molecular formula is C10H14ClN3. The molecule has 0 atom stereocenters. The van der Waals surface area contributed by atoms with Crippen molar-refractivity contribution in [2.45, 2.75) is 38.6 Å². The molecule has 76 valence electrons. The van der Waals surface area contributed by atoms with Crippen molar-refractivity contribution in [2.24, 2.45) is 0 Å². The molecule has 0 bridgehead atoms. The van der Waals surface area contributed by atoms with E-state index in [4.69, 9.17) is 11.6 Å². The molecule has 1 aliphatic rings. The summed E-state index contributed by atoms with van der Waals surface area (Å²) in [5, 5.41) is 3.94. The first-order valence-corrected chi connectivity index (χ1v) is 5.33. The van der Waals surface area contributed by atoms with E-state index in [1.165, 1.54) is 19.2 Å². The van der Waals surface area contributed by atoms with Gasteiger partial charge in [0.05, 0.1) is 0 Å². The molecule has 1 fully saturated rings. The maximum absolute atomic E-state index is 6.04. The normalized spacial score (nSPS) is 16.0. The Morgan fingerprint density at radius 2 is 2.14 bits per heavy atom. The first kappa shape index (κ1) is 9.71. The molecule has 1 saturated carbocycles. The Balaban J connectivity index is 2.30. The van der Waals surface area contributed by atoms with Crippen LogP contribution in [0, 0.1) is 0 Å². The summed E-state index contributed by atoms with van der Waals surface area (Å²) < 4.78 is 0. The zero-order valence-electron chi connectivity index (χ0n) is 8.42. The maximum Gasteiger partial charge on any atom is 0.138 e. The van der Waals surface area contributed by atoms with Crippen LogP contribution in [0.15, 0.2) is 6.33 Å². The van der Waals surface area contributed by atoms with E-state index in [-0.39, 0.29) is 0 Å². The third-order valence-corrected chi connectivity index (χ3v) is 2.63. The zero-order chi connectivity index (χ0) is 10.1. The molecule has 1 heterocycles. The van der Waals surface area contributed by atoms with Crippen molar-refractivity contribution >= 4 is 17.4 Å². The van der Waals surface area contributed by atoms with Crippen molar-refractivity contribution in [1.29, 1.82) is 0 Å². The molecule has 1 aliphatic carbocycles. The summed E-state index contributed by atoms with van der Waals surface area (Å²) in [6, 6.07) is 0.596. The highest BCUT2D eigenvalue weighted by atomic mass is 35.5. The molecule has 0 saturated heterocycles. The van der Waals surface area contributed by atoms with Crippen LogP contribution < -0.4 is 5.32 Å². The second kappa shape index (κ2) is 3.73. The van der Waals surface area contributed by atoms with E-state index in [9.17, 15) is 0 Å². The molecule has 0 unspecified atom stereocenters. The molecule has 1 aromatic rings. The number of hydrogen-bond donors (Lipinski definition) is 1. The Morgan fingerprint density at radius 3 is 2.71 bits per heavy atom. The van der Waals surface area contributed by atoms with E-state index in [0.717, 1.165) is 11.4 Å². The molecule has 1 aromatic heterocycles. The van der Waals surface area contributed by atoms with Crippen LogP contribution in [-0.4, -0.2) is 16.0 Å². The van der Waals surface area contributed by atoms with Gasteiger partial charge in [-0.25, -0.2) is 9.97 Å². The first-order chi connectivity index (χ1) is 6.68. The monoisotopic (exact) mass is 211 g/mol. The standard InChI is InChI=1S/C10H14ClN3/c1-6(2)8-9(11)12-5-13-10(8)14-7-3-4-7/h5-7H,3-4H2,1-2H3,(H,12,13,14). The summed E-state index contributed by atoms with van der Waals surface area (Å²) in [4.78, 5) is 8.24. The molecule has 0 amide bonds. The van der Waals surface area contributed by atoms with Gasteiger partial charge in [-0.1, -0.05) is 25.4 Å². The Bertz CT molecular complexity index is 334. The number of nitrogens with zero attached hydrogens (tertiary/aromatic N) is 2. The third-order valence-electron chi connectivity index (χ3n) is 2.33. The summed E-state index contributed by atoms with van der Waals surface area (Å²) in [6.45, 7) is 4.20. The van der Waals surface area contributed by atoms with E-state index in [0.29, 0.717) is 17.1 Å². The summed E-state index contributed by atoms with van der Waals surface area (Å²) in [6.07, 6.45) is 3.98. The van der Waals surface area contributed by atoms with E-state index in [2.05, 4.69) is 29.1 Å². The Hall–Kier alpha value is -0.830. The molecule has 14 heavy (non-hydrogen) atoms. The Kier molecular flexibility index (Phi) is 2.59. The van der Waals surface area contributed by atoms with Crippen molar-refractivity contribution in [3.05, 3.63) is 17.0 Å². The summed E-state index contributed by atoms with van der Waals surface area (Å²) in [5.41, 5.74) is 1.03. The molecule has 0 aliphatic heterocycles. The summed E-state index contributed by atoms with van der Waals surface area (Å²) in [7, 11) is 0. The van der Waals surface area contributed by atoms with Gasteiger partial charge in [0.1, 0.15) is 17.3 Å². The lowest BCUT2D eigenvalue weighted by molar-refractivity contribution is 0.844. The topological polar surface area (TPSA) is 37.8 Å². The molecule has 4 heteroatoms. The van der Waals surface area contributed by atoms with Crippen LogP contribution in [0.3, 0.4) is 0 Å². The van der Waals surface area contributed by atoms with Crippen LogP contribution in [0.25, 0.3) is 0 Å². The first-order valence-electron chi connectivity index (χ1n) is 4.95. The van der Waals surface area contributed by atoms with Gasteiger partial charge in [0.15, 0.2) is 0 Å². The fourth-order valence-electron chi connectivity index (χ4n) is 1.42. The quantitative estimate of drug-likeness (QED) is 0.782. The number of halogens is 1. The highest BCUT2D eigenvalue weighted by molar-refractivity contribution is 6.30. The Labute approximate surface area is 88.9 Å². The van der Waals surface area contributed by atoms with Crippen LogP contribution >= 0.6 is 11.6 Å². The van der Waals surface area contributed by atoms with Gasteiger partial charge in [0.25, 0.3) is 0 Å². The predicted molar refractivity (Wildman–Crippen MR) is 57.8 cm³/mol. The van der Waals surface area contributed by atoms with Gasteiger partial charge >= 0.3 is 0 Å². The van der Waals surface area contributed by atoms with Gasteiger partial charge in [-0.15, -0.1) is 0 Å². The van der Waals surface area contributed by atoms with Crippen LogP contribution in [0.4, 0.5) is 5.82 Å². The minimum absolute atomic E-state index is 0.352. The van der Waals surface area contributed by atoms with Gasteiger partial charge < -0.3 is 5.32 Å². The lowest BCUT2D eigenvalue weighted by atomic mass is 10.1.